The first kappa shape index (κ1) is 33.0. The normalized spacial score (nSPS) is 15.3. The summed E-state index contributed by atoms with van der Waals surface area (Å²) in [4.78, 5) is 0. The summed E-state index contributed by atoms with van der Waals surface area (Å²) in [5, 5.41) is 0. The summed E-state index contributed by atoms with van der Waals surface area (Å²) in [5.41, 5.74) is 1.49. The van der Waals surface area contributed by atoms with Gasteiger partial charge in [0.1, 0.15) is 0 Å². The van der Waals surface area contributed by atoms with Crippen LogP contribution in [0.2, 0.25) is 0 Å². The van der Waals surface area contributed by atoms with E-state index in [1.165, 1.54) is 64.2 Å². The molecule has 200 valence electrons. The van der Waals surface area contributed by atoms with Gasteiger partial charge >= 0.3 is 0 Å². The highest BCUT2D eigenvalue weighted by molar-refractivity contribution is 5.11. The van der Waals surface area contributed by atoms with Crippen LogP contribution in [0.25, 0.3) is 0 Å². The first-order valence-corrected chi connectivity index (χ1v) is 14.6. The van der Waals surface area contributed by atoms with Gasteiger partial charge in [0.15, 0.2) is 0 Å². The number of hydrogen-bond acceptors (Lipinski definition) is 0. The summed E-state index contributed by atoms with van der Waals surface area (Å²) in [7, 11) is 0. The lowest BCUT2D eigenvalue weighted by molar-refractivity contribution is -0.193. The topological polar surface area (TPSA) is 0 Å². The third kappa shape index (κ3) is 6.61. The standard InChI is InChI=1S/C33H68/c1-17-18-19-20-21-22-23-24-25-26-28(5,6)30(9,10)32(13,14)33(15,16)31(11,12)29(7,8)27(2,3)4/h17-26H2,1-16H3. The van der Waals surface area contributed by atoms with Gasteiger partial charge in [-0.3, -0.25) is 0 Å². The van der Waals surface area contributed by atoms with Crippen LogP contribution < -0.4 is 0 Å². The van der Waals surface area contributed by atoms with Crippen LogP contribution in [0.5, 0.6) is 0 Å². The molecule has 0 aliphatic carbocycles. The minimum Gasteiger partial charge on any atom is -0.0654 e. The molecule has 0 saturated carbocycles. The van der Waals surface area contributed by atoms with Gasteiger partial charge in [-0.1, -0.05) is 169 Å². The summed E-state index contributed by atoms with van der Waals surface area (Å²) in [6, 6.07) is 0. The van der Waals surface area contributed by atoms with Crippen LogP contribution in [0.15, 0.2) is 0 Å². The molecule has 0 fully saturated rings. The van der Waals surface area contributed by atoms with Crippen LogP contribution in [0, 0.1) is 37.9 Å². The molecule has 0 spiro atoms. The minimum atomic E-state index is 0.163. The first-order chi connectivity index (χ1) is 14.6. The van der Waals surface area contributed by atoms with Gasteiger partial charge in [0.25, 0.3) is 0 Å². The molecule has 0 amide bonds. The molecule has 33 heavy (non-hydrogen) atoms. The van der Waals surface area contributed by atoms with Crippen LogP contribution in [0.1, 0.15) is 175 Å². The summed E-state index contributed by atoms with van der Waals surface area (Å²) in [6.07, 6.45) is 14.0. The van der Waals surface area contributed by atoms with Crippen molar-refractivity contribution in [3.63, 3.8) is 0 Å². The van der Waals surface area contributed by atoms with E-state index >= 15 is 0 Å². The zero-order valence-corrected chi connectivity index (χ0v) is 26.6. The molecule has 0 radical (unpaired) electrons. The molecule has 0 aromatic carbocycles. The summed E-state index contributed by atoms with van der Waals surface area (Å²) in [6.45, 7) is 40.2. The van der Waals surface area contributed by atoms with Gasteiger partial charge in [0.05, 0.1) is 0 Å². The maximum Gasteiger partial charge on any atom is -0.0241 e. The van der Waals surface area contributed by atoms with Crippen molar-refractivity contribution in [2.45, 2.75) is 175 Å². The second-order valence-corrected chi connectivity index (χ2v) is 15.8. The third-order valence-electron chi connectivity index (χ3n) is 12.7. The fraction of sp³-hybridized carbons (Fsp3) is 1.00. The van der Waals surface area contributed by atoms with Gasteiger partial charge < -0.3 is 0 Å². The number of rotatable bonds is 15. The highest BCUT2D eigenvalue weighted by Gasteiger charge is 2.63. The minimum absolute atomic E-state index is 0.163. The predicted molar refractivity (Wildman–Crippen MR) is 154 cm³/mol. The maximum absolute atomic E-state index is 2.57. The van der Waals surface area contributed by atoms with Gasteiger partial charge in [0, 0.05) is 0 Å². The summed E-state index contributed by atoms with van der Waals surface area (Å²) >= 11 is 0. The Morgan fingerprint density at radius 2 is 0.636 bits per heavy atom. The van der Waals surface area contributed by atoms with Crippen LogP contribution in [0.4, 0.5) is 0 Å². The van der Waals surface area contributed by atoms with E-state index in [2.05, 4.69) is 111 Å². The first-order valence-electron chi connectivity index (χ1n) is 14.6. The highest BCUT2D eigenvalue weighted by atomic mass is 14.7. The molecule has 0 aromatic heterocycles. The molecular weight excluding hydrogens is 396 g/mol. The Morgan fingerprint density at radius 1 is 0.333 bits per heavy atom. The molecule has 0 unspecified atom stereocenters. The van der Waals surface area contributed by atoms with Gasteiger partial charge in [-0.15, -0.1) is 0 Å². The lowest BCUT2D eigenvalue weighted by Gasteiger charge is -2.68. The molecule has 0 heterocycles. The van der Waals surface area contributed by atoms with Crippen molar-refractivity contribution in [1.82, 2.24) is 0 Å². The molecule has 0 atom stereocenters. The van der Waals surface area contributed by atoms with Crippen LogP contribution in [-0.2, 0) is 0 Å². The molecule has 0 aliphatic heterocycles. The second-order valence-electron chi connectivity index (χ2n) is 15.8. The van der Waals surface area contributed by atoms with Crippen LogP contribution in [-0.4, -0.2) is 0 Å². The molecule has 0 bridgehead atoms. The lowest BCUT2D eigenvalue weighted by Crippen LogP contribution is -2.61. The van der Waals surface area contributed by atoms with Crippen molar-refractivity contribution in [2.75, 3.05) is 0 Å². The van der Waals surface area contributed by atoms with Gasteiger partial charge in [0.2, 0.25) is 0 Å². The van der Waals surface area contributed by atoms with E-state index < -0.39 is 0 Å². The van der Waals surface area contributed by atoms with Crippen LogP contribution in [0.3, 0.4) is 0 Å². The Kier molecular flexibility index (Phi) is 11.4. The molecule has 0 heteroatoms. The molecule has 0 nitrogen and oxygen atoms in total. The van der Waals surface area contributed by atoms with Crippen molar-refractivity contribution >= 4 is 0 Å². The Labute approximate surface area is 212 Å². The molecule has 0 aromatic rings. The van der Waals surface area contributed by atoms with E-state index in [9.17, 15) is 0 Å². The van der Waals surface area contributed by atoms with E-state index in [4.69, 9.17) is 0 Å². The zero-order valence-electron chi connectivity index (χ0n) is 26.6. The number of hydrogen-bond donors (Lipinski definition) is 0. The number of unbranched alkanes of at least 4 members (excludes halogenated alkanes) is 8. The monoisotopic (exact) mass is 465 g/mol. The van der Waals surface area contributed by atoms with Gasteiger partial charge in [-0.05, 0) is 44.3 Å². The molecular formula is C33H68. The van der Waals surface area contributed by atoms with E-state index in [-0.39, 0.29) is 32.5 Å². The molecule has 0 saturated heterocycles. The predicted octanol–water partition coefficient (Wildman–Crippen LogP) is 12.1. The summed E-state index contributed by atoms with van der Waals surface area (Å²) < 4.78 is 0. The highest BCUT2D eigenvalue weighted by Crippen LogP contribution is 2.69. The Bertz CT molecular complexity index is 559. The van der Waals surface area contributed by atoms with E-state index in [1.807, 2.05) is 0 Å². The van der Waals surface area contributed by atoms with E-state index in [1.54, 1.807) is 0 Å². The fourth-order valence-electron chi connectivity index (χ4n) is 6.32. The van der Waals surface area contributed by atoms with Gasteiger partial charge in [-0.2, -0.15) is 0 Å². The van der Waals surface area contributed by atoms with Crippen molar-refractivity contribution in [2.24, 2.45) is 37.9 Å². The Morgan fingerprint density at radius 3 is 1.00 bits per heavy atom. The zero-order chi connectivity index (χ0) is 26.6. The molecule has 0 rings (SSSR count). The average Bonchev–Trinajstić information content (AvgIpc) is 2.64. The van der Waals surface area contributed by atoms with Crippen molar-refractivity contribution in [3.8, 4) is 0 Å². The molecule has 0 aliphatic rings. The average molecular weight is 465 g/mol. The Balaban J connectivity index is 5.41. The van der Waals surface area contributed by atoms with Crippen molar-refractivity contribution < 1.29 is 0 Å². The maximum atomic E-state index is 2.57. The fourth-order valence-corrected chi connectivity index (χ4v) is 6.32. The van der Waals surface area contributed by atoms with Gasteiger partial charge in [-0.25, -0.2) is 0 Å². The quantitative estimate of drug-likeness (QED) is 0.211. The van der Waals surface area contributed by atoms with Crippen molar-refractivity contribution in [3.05, 3.63) is 0 Å². The molecule has 0 N–H and O–H groups in total. The summed E-state index contributed by atoms with van der Waals surface area (Å²) in [5.74, 6) is 0. The SMILES string of the molecule is CCCCCCCCCCCC(C)(C)C(C)(C)C(C)(C)C(C)(C)C(C)(C)C(C)(C)C(C)(C)C. The Hall–Kier alpha value is 0. The van der Waals surface area contributed by atoms with Crippen molar-refractivity contribution in [1.29, 1.82) is 0 Å². The lowest BCUT2D eigenvalue weighted by atomic mass is 9.37. The smallest absolute Gasteiger partial charge is 0.0241 e. The van der Waals surface area contributed by atoms with E-state index in [0.717, 1.165) is 0 Å². The largest absolute Gasteiger partial charge is 0.0654 e. The van der Waals surface area contributed by atoms with Crippen LogP contribution >= 0.6 is 0 Å². The third-order valence-corrected chi connectivity index (χ3v) is 12.7. The second kappa shape index (κ2) is 11.4. The van der Waals surface area contributed by atoms with E-state index in [0.29, 0.717) is 5.41 Å².